The first-order chi connectivity index (χ1) is 9.91. The summed E-state index contributed by atoms with van der Waals surface area (Å²) in [5.41, 5.74) is 1.71. The van der Waals surface area contributed by atoms with Crippen molar-refractivity contribution in [1.82, 2.24) is 4.90 Å². The number of amides is 1. The van der Waals surface area contributed by atoms with Crippen LogP contribution in [0.25, 0.3) is 0 Å². The highest BCUT2D eigenvalue weighted by Crippen LogP contribution is 2.22. The van der Waals surface area contributed by atoms with Gasteiger partial charge in [-0.2, -0.15) is 0 Å². The van der Waals surface area contributed by atoms with Crippen molar-refractivity contribution in [3.63, 3.8) is 0 Å². The molecular formula is C16H21NO4. The molecule has 1 atom stereocenters. The smallest absolute Gasteiger partial charge is 0.336 e. The second-order valence-electron chi connectivity index (χ2n) is 5.54. The molecule has 1 fully saturated rings. The van der Waals surface area contributed by atoms with E-state index in [9.17, 15) is 14.7 Å². The zero-order valence-corrected chi connectivity index (χ0v) is 12.7. The highest BCUT2D eigenvalue weighted by atomic mass is 16.5. The van der Waals surface area contributed by atoms with Gasteiger partial charge in [0.05, 0.1) is 17.2 Å². The number of carboxylic acid groups (broad SMARTS) is 1. The Hall–Kier alpha value is -1.88. The van der Waals surface area contributed by atoms with Crippen molar-refractivity contribution in [1.29, 1.82) is 0 Å². The topological polar surface area (TPSA) is 66.8 Å². The summed E-state index contributed by atoms with van der Waals surface area (Å²) in [5.74, 6) is -1.27. The number of benzene rings is 1. The maximum atomic E-state index is 12.8. The molecule has 2 rings (SSSR count). The maximum absolute atomic E-state index is 12.8. The van der Waals surface area contributed by atoms with Gasteiger partial charge in [0.15, 0.2) is 0 Å². The average molecular weight is 291 g/mol. The molecule has 0 aromatic heterocycles. The predicted octanol–water partition coefficient (Wildman–Crippen LogP) is 2.25. The van der Waals surface area contributed by atoms with E-state index in [0.29, 0.717) is 36.4 Å². The van der Waals surface area contributed by atoms with E-state index in [4.69, 9.17) is 4.74 Å². The number of carbonyl (C=O) groups is 2. The molecule has 1 unspecified atom stereocenters. The van der Waals surface area contributed by atoms with E-state index in [1.807, 2.05) is 6.92 Å². The minimum Gasteiger partial charge on any atom is -0.478 e. The van der Waals surface area contributed by atoms with Gasteiger partial charge in [0.2, 0.25) is 0 Å². The van der Waals surface area contributed by atoms with Crippen molar-refractivity contribution >= 4 is 11.9 Å². The average Bonchev–Trinajstić information content (AvgIpc) is 2.64. The summed E-state index contributed by atoms with van der Waals surface area (Å²) in [5, 5.41) is 9.43. The molecule has 0 saturated carbocycles. The van der Waals surface area contributed by atoms with Crippen molar-refractivity contribution in [3.05, 3.63) is 34.4 Å². The maximum Gasteiger partial charge on any atom is 0.336 e. The Morgan fingerprint density at radius 3 is 2.48 bits per heavy atom. The van der Waals surface area contributed by atoms with Crippen LogP contribution in [0, 0.1) is 13.8 Å². The molecule has 5 nitrogen and oxygen atoms in total. The first kappa shape index (κ1) is 15.5. The van der Waals surface area contributed by atoms with Crippen LogP contribution in [0.4, 0.5) is 0 Å². The Kier molecular flexibility index (Phi) is 4.63. The number of hydrogen-bond acceptors (Lipinski definition) is 3. The van der Waals surface area contributed by atoms with Crippen molar-refractivity contribution in [2.24, 2.45) is 0 Å². The molecule has 1 N–H and O–H groups in total. The molecule has 1 aromatic carbocycles. The van der Waals surface area contributed by atoms with Crippen LogP contribution in [0.1, 0.15) is 45.2 Å². The van der Waals surface area contributed by atoms with Gasteiger partial charge in [-0.3, -0.25) is 4.79 Å². The number of ether oxygens (including phenoxy) is 1. The summed E-state index contributed by atoms with van der Waals surface area (Å²) in [4.78, 5) is 26.0. The lowest BCUT2D eigenvalue weighted by atomic mass is 9.96. The number of aryl methyl sites for hydroxylation is 2. The van der Waals surface area contributed by atoms with E-state index in [-0.39, 0.29) is 17.6 Å². The van der Waals surface area contributed by atoms with E-state index in [2.05, 4.69) is 0 Å². The largest absolute Gasteiger partial charge is 0.478 e. The first-order valence-corrected chi connectivity index (χ1v) is 7.16. The van der Waals surface area contributed by atoms with E-state index in [1.54, 1.807) is 30.9 Å². The van der Waals surface area contributed by atoms with Crippen LogP contribution in [0.5, 0.6) is 0 Å². The number of carbonyl (C=O) groups excluding carboxylic acids is 1. The lowest BCUT2D eigenvalue weighted by molar-refractivity contribution is 0.0556. The Morgan fingerprint density at radius 1 is 1.24 bits per heavy atom. The normalized spacial score (nSPS) is 19.2. The van der Waals surface area contributed by atoms with E-state index >= 15 is 0 Å². The summed E-state index contributed by atoms with van der Waals surface area (Å²) in [7, 11) is 0. The van der Waals surface area contributed by atoms with Gasteiger partial charge in [0, 0.05) is 19.7 Å². The Balaban J connectivity index is 2.43. The van der Waals surface area contributed by atoms with Gasteiger partial charge in [-0.25, -0.2) is 4.79 Å². The molecule has 1 saturated heterocycles. The first-order valence-electron chi connectivity index (χ1n) is 7.16. The second kappa shape index (κ2) is 6.26. The highest BCUT2D eigenvalue weighted by molar-refractivity contribution is 6.06. The Labute approximate surface area is 124 Å². The standard InChI is InChI=1S/C16H21NO4/c1-10-5-6-11(2)14(16(19)20)13(10)15(18)17-7-4-8-21-12(3)9-17/h5-6,12H,4,7-9H2,1-3H3,(H,19,20). The van der Waals surface area contributed by atoms with E-state index in [0.717, 1.165) is 6.42 Å². The number of carboxylic acids is 1. The molecule has 1 aliphatic heterocycles. The van der Waals surface area contributed by atoms with Crippen molar-refractivity contribution < 1.29 is 19.4 Å². The van der Waals surface area contributed by atoms with E-state index < -0.39 is 5.97 Å². The third kappa shape index (κ3) is 3.24. The molecule has 0 aliphatic carbocycles. The van der Waals surface area contributed by atoms with Crippen molar-refractivity contribution in [3.8, 4) is 0 Å². The summed E-state index contributed by atoms with van der Waals surface area (Å²) in [6.07, 6.45) is 0.735. The van der Waals surface area contributed by atoms with Crippen LogP contribution in [0.15, 0.2) is 12.1 Å². The molecule has 0 radical (unpaired) electrons. The van der Waals surface area contributed by atoms with Crippen molar-refractivity contribution in [2.45, 2.75) is 33.3 Å². The molecule has 1 heterocycles. The number of aromatic carboxylic acids is 1. The van der Waals surface area contributed by atoms with Crippen molar-refractivity contribution in [2.75, 3.05) is 19.7 Å². The summed E-state index contributed by atoms with van der Waals surface area (Å²) in [6, 6.07) is 3.54. The molecule has 1 aromatic rings. The van der Waals surface area contributed by atoms with Crippen LogP contribution in [-0.4, -0.2) is 47.7 Å². The van der Waals surface area contributed by atoms with Gasteiger partial charge in [-0.15, -0.1) is 0 Å². The fourth-order valence-corrected chi connectivity index (χ4v) is 2.70. The number of rotatable bonds is 2. The van der Waals surface area contributed by atoms with Gasteiger partial charge >= 0.3 is 5.97 Å². The molecule has 114 valence electrons. The monoisotopic (exact) mass is 291 g/mol. The highest BCUT2D eigenvalue weighted by Gasteiger charge is 2.27. The third-order valence-electron chi connectivity index (χ3n) is 3.79. The van der Waals surface area contributed by atoms with Crippen LogP contribution < -0.4 is 0 Å². The fraction of sp³-hybridized carbons (Fsp3) is 0.500. The summed E-state index contributed by atoms with van der Waals surface area (Å²) in [6.45, 7) is 7.13. The molecule has 21 heavy (non-hydrogen) atoms. The second-order valence-corrected chi connectivity index (χ2v) is 5.54. The molecule has 5 heteroatoms. The molecular weight excluding hydrogens is 270 g/mol. The Morgan fingerprint density at radius 2 is 1.86 bits per heavy atom. The molecule has 0 bridgehead atoms. The summed E-state index contributed by atoms with van der Waals surface area (Å²) >= 11 is 0. The predicted molar refractivity (Wildman–Crippen MR) is 78.8 cm³/mol. The zero-order chi connectivity index (χ0) is 15.6. The minimum absolute atomic E-state index is 0.0326. The van der Waals surface area contributed by atoms with Gasteiger partial charge in [-0.05, 0) is 38.3 Å². The van der Waals surface area contributed by atoms with Crippen LogP contribution in [0.3, 0.4) is 0 Å². The molecule has 1 amide bonds. The minimum atomic E-state index is -1.06. The number of hydrogen-bond donors (Lipinski definition) is 1. The van der Waals surface area contributed by atoms with Gasteiger partial charge in [-0.1, -0.05) is 12.1 Å². The van der Waals surface area contributed by atoms with Crippen LogP contribution in [0.2, 0.25) is 0 Å². The van der Waals surface area contributed by atoms with Crippen LogP contribution >= 0.6 is 0 Å². The molecule has 0 spiro atoms. The van der Waals surface area contributed by atoms with Crippen LogP contribution in [-0.2, 0) is 4.74 Å². The third-order valence-corrected chi connectivity index (χ3v) is 3.79. The van der Waals surface area contributed by atoms with Gasteiger partial charge < -0.3 is 14.7 Å². The SMILES string of the molecule is Cc1ccc(C)c(C(=O)N2CCCOC(C)C2)c1C(=O)O. The number of nitrogens with zero attached hydrogens (tertiary/aromatic N) is 1. The summed E-state index contributed by atoms with van der Waals surface area (Å²) < 4.78 is 5.54. The fourth-order valence-electron chi connectivity index (χ4n) is 2.70. The lowest BCUT2D eigenvalue weighted by Gasteiger charge is -2.24. The van der Waals surface area contributed by atoms with Gasteiger partial charge in [0.25, 0.3) is 5.91 Å². The molecule has 1 aliphatic rings. The zero-order valence-electron chi connectivity index (χ0n) is 12.7. The lowest BCUT2D eigenvalue weighted by Crippen LogP contribution is -2.37. The Bertz CT molecular complexity index is 568. The van der Waals surface area contributed by atoms with E-state index in [1.165, 1.54) is 0 Å². The van der Waals surface area contributed by atoms with Gasteiger partial charge in [0.1, 0.15) is 0 Å². The quantitative estimate of drug-likeness (QED) is 0.907.